The fourth-order valence-corrected chi connectivity index (χ4v) is 2.03. The van der Waals surface area contributed by atoms with Gasteiger partial charge in [-0.1, -0.05) is 0 Å². The normalized spacial score (nSPS) is 10.7. The van der Waals surface area contributed by atoms with Crippen LogP contribution in [0.2, 0.25) is 0 Å². The standard InChI is InChI=1S/C11H8N2OS/c14-6-1-2-11-9(3-7-15-11)10-8-12-4-5-13-10/h1-8H. The third-order valence-corrected chi connectivity index (χ3v) is 2.74. The van der Waals surface area contributed by atoms with Crippen LogP contribution in [-0.2, 0) is 4.79 Å². The maximum Gasteiger partial charge on any atom is 0.142 e. The van der Waals surface area contributed by atoms with Crippen LogP contribution in [0.25, 0.3) is 17.3 Å². The Morgan fingerprint density at radius 2 is 2.27 bits per heavy atom. The molecule has 0 bridgehead atoms. The highest BCUT2D eigenvalue weighted by Gasteiger charge is 2.04. The van der Waals surface area contributed by atoms with Crippen LogP contribution in [0.4, 0.5) is 0 Å². The van der Waals surface area contributed by atoms with E-state index < -0.39 is 0 Å². The lowest BCUT2D eigenvalue weighted by Crippen LogP contribution is -1.83. The molecule has 2 aromatic rings. The smallest absolute Gasteiger partial charge is 0.142 e. The highest BCUT2D eigenvalue weighted by atomic mass is 32.1. The van der Waals surface area contributed by atoms with E-state index in [1.165, 1.54) is 6.08 Å². The van der Waals surface area contributed by atoms with Crippen LogP contribution in [-0.4, -0.2) is 16.3 Å². The molecule has 2 rings (SSSR count). The van der Waals surface area contributed by atoms with Crippen LogP contribution in [0.5, 0.6) is 0 Å². The molecule has 0 N–H and O–H groups in total. The van der Waals surface area contributed by atoms with Gasteiger partial charge in [-0.05, 0) is 23.6 Å². The molecule has 0 atom stereocenters. The summed E-state index contributed by atoms with van der Waals surface area (Å²) >= 11 is 1.57. The maximum absolute atomic E-state index is 10.2. The van der Waals surface area contributed by atoms with E-state index in [4.69, 9.17) is 0 Å². The van der Waals surface area contributed by atoms with Gasteiger partial charge in [-0.2, -0.15) is 0 Å². The molecule has 0 spiro atoms. The van der Waals surface area contributed by atoms with Crippen LogP contribution >= 0.6 is 11.3 Å². The number of thiophene rings is 1. The Kier molecular flexibility index (Phi) is 2.99. The minimum atomic E-state index is 0.764. The lowest BCUT2D eigenvalue weighted by atomic mass is 10.2. The van der Waals surface area contributed by atoms with E-state index in [0.29, 0.717) is 0 Å². The first kappa shape index (κ1) is 9.73. The molecule has 0 aliphatic rings. The Morgan fingerprint density at radius 3 is 3.00 bits per heavy atom. The van der Waals surface area contributed by atoms with Crippen molar-refractivity contribution in [3.8, 4) is 11.3 Å². The van der Waals surface area contributed by atoms with Crippen LogP contribution in [0.3, 0.4) is 0 Å². The Hall–Kier alpha value is -1.81. The number of hydrogen-bond donors (Lipinski definition) is 0. The fourth-order valence-electron chi connectivity index (χ4n) is 1.23. The van der Waals surface area contributed by atoms with Gasteiger partial charge >= 0.3 is 0 Å². The van der Waals surface area contributed by atoms with Crippen molar-refractivity contribution in [2.45, 2.75) is 0 Å². The Balaban J connectivity index is 2.41. The molecule has 3 nitrogen and oxygen atoms in total. The van der Waals surface area contributed by atoms with Gasteiger partial charge in [0, 0.05) is 22.8 Å². The van der Waals surface area contributed by atoms with Crippen molar-refractivity contribution >= 4 is 23.7 Å². The van der Waals surface area contributed by atoms with Gasteiger partial charge in [0.1, 0.15) is 6.29 Å². The summed E-state index contributed by atoms with van der Waals surface area (Å²) in [5.74, 6) is 0. The highest BCUT2D eigenvalue weighted by Crippen LogP contribution is 2.27. The van der Waals surface area contributed by atoms with E-state index in [1.807, 2.05) is 11.4 Å². The van der Waals surface area contributed by atoms with Gasteiger partial charge in [0.15, 0.2) is 0 Å². The molecular weight excluding hydrogens is 208 g/mol. The highest BCUT2D eigenvalue weighted by molar-refractivity contribution is 7.11. The summed E-state index contributed by atoms with van der Waals surface area (Å²) in [6.07, 6.45) is 9.02. The number of carbonyl (C=O) groups is 1. The molecule has 74 valence electrons. The van der Waals surface area contributed by atoms with Crippen molar-refractivity contribution in [2.75, 3.05) is 0 Å². The van der Waals surface area contributed by atoms with Gasteiger partial charge in [-0.25, -0.2) is 0 Å². The summed E-state index contributed by atoms with van der Waals surface area (Å²) in [6.45, 7) is 0. The summed E-state index contributed by atoms with van der Waals surface area (Å²) in [5.41, 5.74) is 1.83. The maximum atomic E-state index is 10.2. The average molecular weight is 216 g/mol. The first-order valence-electron chi connectivity index (χ1n) is 4.37. The average Bonchev–Trinajstić information content (AvgIpc) is 2.75. The van der Waals surface area contributed by atoms with Gasteiger partial charge in [0.2, 0.25) is 0 Å². The molecular formula is C11H8N2OS. The van der Waals surface area contributed by atoms with Crippen molar-refractivity contribution in [1.82, 2.24) is 9.97 Å². The number of aromatic nitrogens is 2. The molecule has 15 heavy (non-hydrogen) atoms. The summed E-state index contributed by atoms with van der Waals surface area (Å²) in [4.78, 5) is 19.5. The van der Waals surface area contributed by atoms with E-state index in [2.05, 4.69) is 9.97 Å². The summed E-state index contributed by atoms with van der Waals surface area (Å²) in [6, 6.07) is 1.97. The molecule has 0 aromatic carbocycles. The monoisotopic (exact) mass is 216 g/mol. The van der Waals surface area contributed by atoms with Crippen molar-refractivity contribution in [2.24, 2.45) is 0 Å². The van der Waals surface area contributed by atoms with Crippen LogP contribution in [0.1, 0.15) is 4.88 Å². The molecule has 0 saturated carbocycles. The van der Waals surface area contributed by atoms with E-state index in [0.717, 1.165) is 22.4 Å². The van der Waals surface area contributed by atoms with Crippen molar-refractivity contribution in [3.63, 3.8) is 0 Å². The quantitative estimate of drug-likeness (QED) is 0.584. The first-order valence-corrected chi connectivity index (χ1v) is 5.25. The molecule has 0 fully saturated rings. The molecule has 0 aliphatic carbocycles. The predicted octanol–water partition coefficient (Wildman–Crippen LogP) is 2.42. The number of hydrogen-bond acceptors (Lipinski definition) is 4. The van der Waals surface area contributed by atoms with Crippen LogP contribution < -0.4 is 0 Å². The van der Waals surface area contributed by atoms with Gasteiger partial charge in [-0.3, -0.25) is 14.8 Å². The second-order valence-corrected chi connectivity index (χ2v) is 3.73. The predicted molar refractivity (Wildman–Crippen MR) is 60.4 cm³/mol. The van der Waals surface area contributed by atoms with E-state index in [9.17, 15) is 4.79 Å². The van der Waals surface area contributed by atoms with Crippen molar-refractivity contribution in [3.05, 3.63) is 41.0 Å². The van der Waals surface area contributed by atoms with E-state index >= 15 is 0 Å². The number of carbonyl (C=O) groups excluding carboxylic acids is 1. The van der Waals surface area contributed by atoms with Gasteiger partial charge < -0.3 is 0 Å². The molecule has 0 unspecified atom stereocenters. The number of allylic oxidation sites excluding steroid dienone is 1. The Bertz CT molecular complexity index is 476. The van der Waals surface area contributed by atoms with Gasteiger partial charge in [0.25, 0.3) is 0 Å². The zero-order chi connectivity index (χ0) is 10.5. The Labute approximate surface area is 91.1 Å². The largest absolute Gasteiger partial charge is 0.299 e. The number of nitrogens with zero attached hydrogens (tertiary/aromatic N) is 2. The van der Waals surface area contributed by atoms with Gasteiger partial charge in [-0.15, -0.1) is 11.3 Å². The zero-order valence-corrected chi connectivity index (χ0v) is 8.65. The van der Waals surface area contributed by atoms with E-state index in [-0.39, 0.29) is 0 Å². The molecule has 2 aromatic heterocycles. The van der Waals surface area contributed by atoms with Crippen molar-refractivity contribution < 1.29 is 4.79 Å². The molecule has 0 aliphatic heterocycles. The second-order valence-electron chi connectivity index (χ2n) is 2.78. The topological polar surface area (TPSA) is 42.9 Å². The molecule has 0 radical (unpaired) electrons. The minimum Gasteiger partial charge on any atom is -0.299 e. The van der Waals surface area contributed by atoms with Gasteiger partial charge in [0.05, 0.1) is 11.9 Å². The lowest BCUT2D eigenvalue weighted by Gasteiger charge is -1.97. The molecule has 0 saturated heterocycles. The first-order chi connectivity index (χ1) is 7.42. The third kappa shape index (κ3) is 2.16. The molecule has 0 amide bonds. The zero-order valence-electron chi connectivity index (χ0n) is 7.83. The fraction of sp³-hybridized carbons (Fsp3) is 0. The number of aldehydes is 1. The summed E-state index contributed by atoms with van der Waals surface area (Å²) in [5, 5.41) is 1.97. The van der Waals surface area contributed by atoms with Crippen LogP contribution in [0, 0.1) is 0 Å². The van der Waals surface area contributed by atoms with Crippen LogP contribution in [0.15, 0.2) is 36.1 Å². The van der Waals surface area contributed by atoms with E-state index in [1.54, 1.807) is 36.0 Å². The Morgan fingerprint density at radius 1 is 1.33 bits per heavy atom. The molecule has 4 heteroatoms. The molecule has 2 heterocycles. The minimum absolute atomic E-state index is 0.764. The number of rotatable bonds is 3. The summed E-state index contributed by atoms with van der Waals surface area (Å²) in [7, 11) is 0. The van der Waals surface area contributed by atoms with Crippen molar-refractivity contribution in [1.29, 1.82) is 0 Å². The SMILES string of the molecule is O=CC=Cc1sccc1-c1cnccn1. The lowest BCUT2D eigenvalue weighted by molar-refractivity contribution is -0.104. The summed E-state index contributed by atoms with van der Waals surface area (Å²) < 4.78 is 0. The third-order valence-electron chi connectivity index (χ3n) is 1.86. The second kappa shape index (κ2) is 4.61.